The number of carbonyl (C=O) groups excluding carboxylic acids is 2. The van der Waals surface area contributed by atoms with Gasteiger partial charge in [-0.15, -0.1) is 0 Å². The molecule has 5 heteroatoms. The molecule has 1 fully saturated rings. The quantitative estimate of drug-likeness (QED) is 0.789. The summed E-state index contributed by atoms with van der Waals surface area (Å²) in [4.78, 5) is 25.1. The Kier molecular flexibility index (Phi) is 4.34. The summed E-state index contributed by atoms with van der Waals surface area (Å²) in [5.74, 6) is -0.143. The molecule has 0 bridgehead atoms. The number of aliphatic hydroxyl groups is 1. The van der Waals surface area contributed by atoms with Crippen LogP contribution in [-0.4, -0.2) is 36.0 Å². The zero-order valence-corrected chi connectivity index (χ0v) is 14.5. The summed E-state index contributed by atoms with van der Waals surface area (Å²) < 4.78 is 0. The second-order valence-corrected chi connectivity index (χ2v) is 7.02. The number of nitrogens with one attached hydrogen (secondary N) is 2. The van der Waals surface area contributed by atoms with Crippen LogP contribution in [0.2, 0.25) is 0 Å². The average Bonchev–Trinajstić information content (AvgIpc) is 3.05. The van der Waals surface area contributed by atoms with Gasteiger partial charge in [-0.2, -0.15) is 0 Å². The Morgan fingerprint density at radius 2 is 1.92 bits per heavy atom. The van der Waals surface area contributed by atoms with Crippen LogP contribution < -0.4 is 10.6 Å². The zero-order valence-electron chi connectivity index (χ0n) is 14.5. The summed E-state index contributed by atoms with van der Waals surface area (Å²) in [7, 11) is 0. The number of carbonyl (C=O) groups is 2. The first-order valence-corrected chi connectivity index (χ1v) is 9.04. The number of ketones is 1. The summed E-state index contributed by atoms with van der Waals surface area (Å²) in [6.45, 7) is 1.12. The van der Waals surface area contributed by atoms with Crippen molar-refractivity contribution in [3.63, 3.8) is 0 Å². The SMILES string of the molecule is O=C1CCc2c1cccc2C(=O)N[C@@]1(c2ccccc2)CCNC[C@H]1O. The van der Waals surface area contributed by atoms with E-state index in [9.17, 15) is 14.7 Å². The highest BCUT2D eigenvalue weighted by atomic mass is 16.3. The van der Waals surface area contributed by atoms with Crippen molar-refractivity contribution in [2.75, 3.05) is 13.1 Å². The smallest absolute Gasteiger partial charge is 0.252 e. The highest BCUT2D eigenvalue weighted by Gasteiger charge is 2.43. The molecule has 2 atom stereocenters. The van der Waals surface area contributed by atoms with E-state index < -0.39 is 11.6 Å². The Balaban J connectivity index is 1.71. The summed E-state index contributed by atoms with van der Waals surface area (Å²) in [5.41, 5.74) is 2.06. The predicted octanol–water partition coefficient (Wildman–Crippen LogP) is 1.79. The van der Waals surface area contributed by atoms with Crippen LogP contribution in [0.25, 0.3) is 0 Å². The van der Waals surface area contributed by atoms with Gasteiger partial charge in [0.15, 0.2) is 5.78 Å². The van der Waals surface area contributed by atoms with Crippen molar-refractivity contribution in [3.05, 3.63) is 70.8 Å². The average molecular weight is 350 g/mol. The van der Waals surface area contributed by atoms with Crippen LogP contribution in [0.15, 0.2) is 48.5 Å². The number of amides is 1. The Labute approximate surface area is 152 Å². The minimum absolute atomic E-state index is 0.0920. The van der Waals surface area contributed by atoms with E-state index in [2.05, 4.69) is 10.6 Å². The van der Waals surface area contributed by atoms with Crippen molar-refractivity contribution in [2.24, 2.45) is 0 Å². The Bertz CT molecular complexity index is 850. The van der Waals surface area contributed by atoms with E-state index in [1.54, 1.807) is 18.2 Å². The molecule has 3 N–H and O–H groups in total. The van der Waals surface area contributed by atoms with Crippen molar-refractivity contribution in [1.82, 2.24) is 10.6 Å². The molecule has 0 saturated carbocycles. The highest BCUT2D eigenvalue weighted by molar-refractivity contribution is 6.05. The number of rotatable bonds is 3. The van der Waals surface area contributed by atoms with Gasteiger partial charge in [0.05, 0.1) is 11.6 Å². The van der Waals surface area contributed by atoms with E-state index >= 15 is 0 Å². The molecule has 2 aliphatic rings. The fraction of sp³-hybridized carbons (Fsp3) is 0.333. The largest absolute Gasteiger partial charge is 0.389 e. The number of hydrogen-bond acceptors (Lipinski definition) is 4. The van der Waals surface area contributed by atoms with Crippen molar-refractivity contribution in [3.8, 4) is 0 Å². The van der Waals surface area contributed by atoms with E-state index in [0.717, 1.165) is 11.1 Å². The van der Waals surface area contributed by atoms with Gasteiger partial charge in [0.25, 0.3) is 5.91 Å². The first-order valence-electron chi connectivity index (χ1n) is 9.04. The van der Waals surface area contributed by atoms with Crippen LogP contribution in [0.1, 0.15) is 44.7 Å². The third-order valence-electron chi connectivity index (χ3n) is 5.55. The topological polar surface area (TPSA) is 78.4 Å². The van der Waals surface area contributed by atoms with Gasteiger partial charge in [-0.25, -0.2) is 0 Å². The van der Waals surface area contributed by atoms with Gasteiger partial charge < -0.3 is 15.7 Å². The third-order valence-corrected chi connectivity index (χ3v) is 5.55. The molecule has 0 spiro atoms. The van der Waals surface area contributed by atoms with Crippen molar-refractivity contribution in [2.45, 2.75) is 30.9 Å². The van der Waals surface area contributed by atoms with Crippen molar-refractivity contribution in [1.29, 1.82) is 0 Å². The molecule has 1 aliphatic carbocycles. The lowest BCUT2D eigenvalue weighted by atomic mass is 9.79. The molecule has 1 heterocycles. The monoisotopic (exact) mass is 350 g/mol. The molecule has 2 aromatic rings. The number of Topliss-reactive ketones (excluding diaryl/α,β-unsaturated/α-hetero) is 1. The summed E-state index contributed by atoms with van der Waals surface area (Å²) in [5, 5.41) is 17.1. The molecular formula is C21H22N2O3. The summed E-state index contributed by atoms with van der Waals surface area (Å²) in [6.07, 6.45) is 0.912. The molecule has 1 aliphatic heterocycles. The molecule has 0 unspecified atom stereocenters. The van der Waals surface area contributed by atoms with Gasteiger partial charge in [0.2, 0.25) is 0 Å². The number of hydrogen-bond donors (Lipinski definition) is 3. The van der Waals surface area contributed by atoms with E-state index in [4.69, 9.17) is 0 Å². The van der Waals surface area contributed by atoms with Gasteiger partial charge in [0, 0.05) is 24.1 Å². The molecule has 1 amide bonds. The fourth-order valence-corrected chi connectivity index (χ4v) is 4.13. The van der Waals surface area contributed by atoms with Crippen LogP contribution in [0.5, 0.6) is 0 Å². The fourth-order valence-electron chi connectivity index (χ4n) is 4.13. The van der Waals surface area contributed by atoms with E-state index in [-0.39, 0.29) is 11.7 Å². The molecule has 4 rings (SSSR count). The van der Waals surface area contributed by atoms with Crippen LogP contribution in [0.4, 0.5) is 0 Å². The minimum Gasteiger partial charge on any atom is -0.389 e. The van der Waals surface area contributed by atoms with Gasteiger partial charge in [-0.1, -0.05) is 42.5 Å². The maximum Gasteiger partial charge on any atom is 0.252 e. The first-order chi connectivity index (χ1) is 12.6. The second kappa shape index (κ2) is 6.67. The van der Waals surface area contributed by atoms with Crippen LogP contribution in [-0.2, 0) is 12.0 Å². The van der Waals surface area contributed by atoms with Crippen LogP contribution in [0.3, 0.4) is 0 Å². The molecule has 5 nitrogen and oxygen atoms in total. The van der Waals surface area contributed by atoms with E-state index in [1.807, 2.05) is 30.3 Å². The standard InChI is InChI=1S/C21H22N2O3/c24-18-10-9-15-16(18)7-4-8-17(15)20(26)23-21(11-12-22-13-19(21)25)14-5-2-1-3-6-14/h1-8,19,22,25H,9-13H2,(H,23,26)/t19-,21-/m1/s1. The van der Waals surface area contributed by atoms with Gasteiger partial charge in [-0.05, 0) is 36.6 Å². The first kappa shape index (κ1) is 16.9. The normalized spacial score (nSPS) is 25.0. The maximum absolute atomic E-state index is 13.1. The molecule has 26 heavy (non-hydrogen) atoms. The minimum atomic E-state index is -0.838. The lowest BCUT2D eigenvalue weighted by Gasteiger charge is -2.43. The number of piperidine rings is 1. The lowest BCUT2D eigenvalue weighted by molar-refractivity contribution is 0.0289. The van der Waals surface area contributed by atoms with Crippen molar-refractivity contribution >= 4 is 11.7 Å². The van der Waals surface area contributed by atoms with Gasteiger partial charge >= 0.3 is 0 Å². The number of β-amino-alcohol motifs (C(OH)–C–C–N with tert-alkyl or cyclic N) is 1. The number of fused-ring (bicyclic) bond motifs is 1. The van der Waals surface area contributed by atoms with Gasteiger partial charge in [0.1, 0.15) is 0 Å². The number of benzene rings is 2. The zero-order chi connectivity index (χ0) is 18.1. The molecule has 0 aromatic heterocycles. The molecular weight excluding hydrogens is 328 g/mol. The maximum atomic E-state index is 13.1. The molecule has 0 radical (unpaired) electrons. The lowest BCUT2D eigenvalue weighted by Crippen LogP contribution is -2.61. The van der Waals surface area contributed by atoms with E-state index in [0.29, 0.717) is 43.5 Å². The third kappa shape index (κ3) is 2.73. The summed E-state index contributed by atoms with van der Waals surface area (Å²) in [6, 6.07) is 14.9. The highest BCUT2D eigenvalue weighted by Crippen LogP contribution is 2.32. The second-order valence-electron chi connectivity index (χ2n) is 7.02. The van der Waals surface area contributed by atoms with Gasteiger partial charge in [-0.3, -0.25) is 9.59 Å². The summed E-state index contributed by atoms with van der Waals surface area (Å²) >= 11 is 0. The predicted molar refractivity (Wildman–Crippen MR) is 98.2 cm³/mol. The molecule has 2 aromatic carbocycles. The van der Waals surface area contributed by atoms with Crippen LogP contribution in [0, 0.1) is 0 Å². The Morgan fingerprint density at radius 3 is 2.69 bits per heavy atom. The molecule has 1 saturated heterocycles. The Hall–Kier alpha value is -2.50. The van der Waals surface area contributed by atoms with E-state index in [1.165, 1.54) is 0 Å². The Morgan fingerprint density at radius 1 is 1.12 bits per heavy atom. The van der Waals surface area contributed by atoms with Crippen molar-refractivity contribution < 1.29 is 14.7 Å². The number of aliphatic hydroxyl groups excluding tert-OH is 1. The van der Waals surface area contributed by atoms with Crippen LogP contribution >= 0.6 is 0 Å². The molecule has 134 valence electrons.